The van der Waals surface area contributed by atoms with E-state index in [0.717, 1.165) is 18.5 Å². The van der Waals surface area contributed by atoms with Gasteiger partial charge in [-0.15, -0.1) is 0 Å². The molecule has 3 nitrogen and oxygen atoms in total. The summed E-state index contributed by atoms with van der Waals surface area (Å²) in [6.07, 6.45) is 7.29. The van der Waals surface area contributed by atoms with Gasteiger partial charge in [-0.05, 0) is 25.2 Å². The molecule has 18 heavy (non-hydrogen) atoms. The highest BCUT2D eigenvalue weighted by Gasteiger charge is 2.29. The molecule has 0 aromatic heterocycles. The van der Waals surface area contributed by atoms with Crippen molar-refractivity contribution in [2.24, 2.45) is 5.92 Å². The highest BCUT2D eigenvalue weighted by molar-refractivity contribution is 4.87. The molecule has 106 valence electrons. The first-order valence-corrected chi connectivity index (χ1v) is 7.69. The average Bonchev–Trinajstić information content (AvgIpc) is 2.98. The van der Waals surface area contributed by atoms with Gasteiger partial charge in [-0.3, -0.25) is 4.90 Å². The number of rotatable bonds is 6. The fourth-order valence-electron chi connectivity index (χ4n) is 3.49. The molecule has 3 heteroatoms. The van der Waals surface area contributed by atoms with E-state index in [-0.39, 0.29) is 0 Å². The SMILES string of the molecule is COC1CNC(CN(CC(C)C)C2CCCC2)C1. The molecular weight excluding hydrogens is 224 g/mol. The molecule has 2 unspecified atom stereocenters. The fourth-order valence-corrected chi connectivity index (χ4v) is 3.49. The Kier molecular flexibility index (Phi) is 5.46. The number of hydrogen-bond donors (Lipinski definition) is 1. The first kappa shape index (κ1) is 14.3. The smallest absolute Gasteiger partial charge is 0.0711 e. The molecule has 1 N–H and O–H groups in total. The highest BCUT2D eigenvalue weighted by atomic mass is 16.5. The monoisotopic (exact) mass is 254 g/mol. The van der Waals surface area contributed by atoms with E-state index in [2.05, 4.69) is 24.1 Å². The van der Waals surface area contributed by atoms with Crippen molar-refractivity contribution in [1.29, 1.82) is 0 Å². The number of hydrogen-bond acceptors (Lipinski definition) is 3. The van der Waals surface area contributed by atoms with Crippen molar-refractivity contribution in [2.75, 3.05) is 26.7 Å². The van der Waals surface area contributed by atoms with E-state index in [1.165, 1.54) is 45.2 Å². The van der Waals surface area contributed by atoms with Crippen LogP contribution in [0.2, 0.25) is 0 Å². The third-order valence-corrected chi connectivity index (χ3v) is 4.41. The van der Waals surface area contributed by atoms with E-state index < -0.39 is 0 Å². The van der Waals surface area contributed by atoms with Crippen LogP contribution in [0, 0.1) is 5.92 Å². The summed E-state index contributed by atoms with van der Waals surface area (Å²) >= 11 is 0. The number of nitrogens with one attached hydrogen (secondary N) is 1. The zero-order chi connectivity index (χ0) is 13.0. The maximum Gasteiger partial charge on any atom is 0.0711 e. The topological polar surface area (TPSA) is 24.5 Å². The fraction of sp³-hybridized carbons (Fsp3) is 1.00. The Bertz CT molecular complexity index is 239. The van der Waals surface area contributed by atoms with Crippen LogP contribution in [-0.4, -0.2) is 49.8 Å². The predicted molar refractivity (Wildman–Crippen MR) is 75.9 cm³/mol. The Balaban J connectivity index is 1.84. The summed E-state index contributed by atoms with van der Waals surface area (Å²) in [5.74, 6) is 0.769. The minimum atomic E-state index is 0.430. The zero-order valence-electron chi connectivity index (χ0n) is 12.3. The van der Waals surface area contributed by atoms with Gasteiger partial charge in [0.25, 0.3) is 0 Å². The van der Waals surface area contributed by atoms with E-state index in [1.807, 2.05) is 7.11 Å². The van der Waals surface area contributed by atoms with Gasteiger partial charge in [-0.2, -0.15) is 0 Å². The van der Waals surface area contributed by atoms with Crippen molar-refractivity contribution < 1.29 is 4.74 Å². The standard InChI is InChI=1S/C15H30N2O/c1-12(2)10-17(14-6-4-5-7-14)11-13-8-15(18-3)9-16-13/h12-16H,4-11H2,1-3H3. The lowest BCUT2D eigenvalue weighted by atomic mass is 10.1. The minimum absolute atomic E-state index is 0.430. The first-order valence-electron chi connectivity index (χ1n) is 7.69. The molecule has 1 heterocycles. The molecule has 0 radical (unpaired) electrons. The van der Waals surface area contributed by atoms with Crippen molar-refractivity contribution >= 4 is 0 Å². The third-order valence-electron chi connectivity index (χ3n) is 4.41. The van der Waals surface area contributed by atoms with Crippen LogP contribution in [0.15, 0.2) is 0 Å². The number of nitrogens with zero attached hydrogens (tertiary/aromatic N) is 1. The summed E-state index contributed by atoms with van der Waals surface area (Å²) in [6, 6.07) is 1.48. The van der Waals surface area contributed by atoms with Crippen molar-refractivity contribution in [2.45, 2.75) is 64.1 Å². The Morgan fingerprint density at radius 3 is 2.56 bits per heavy atom. The van der Waals surface area contributed by atoms with Crippen molar-refractivity contribution in [1.82, 2.24) is 10.2 Å². The van der Waals surface area contributed by atoms with Gasteiger partial charge >= 0.3 is 0 Å². The molecule has 0 aromatic rings. The Hall–Kier alpha value is -0.120. The van der Waals surface area contributed by atoms with Crippen LogP contribution in [0.5, 0.6) is 0 Å². The minimum Gasteiger partial charge on any atom is -0.380 e. The maximum absolute atomic E-state index is 5.45. The van der Waals surface area contributed by atoms with Crippen molar-refractivity contribution in [3.05, 3.63) is 0 Å². The van der Waals surface area contributed by atoms with Gasteiger partial charge in [0, 0.05) is 38.8 Å². The summed E-state index contributed by atoms with van der Waals surface area (Å²) in [5.41, 5.74) is 0. The van der Waals surface area contributed by atoms with Crippen LogP contribution in [0.1, 0.15) is 46.0 Å². The molecule has 1 aliphatic heterocycles. The summed E-state index contributed by atoms with van der Waals surface area (Å²) in [7, 11) is 1.83. The average molecular weight is 254 g/mol. The van der Waals surface area contributed by atoms with Crippen LogP contribution < -0.4 is 5.32 Å². The summed E-state index contributed by atoms with van der Waals surface area (Å²) < 4.78 is 5.45. The number of methoxy groups -OCH3 is 1. The predicted octanol–water partition coefficient (Wildman–Crippen LogP) is 2.26. The van der Waals surface area contributed by atoms with E-state index in [9.17, 15) is 0 Å². The van der Waals surface area contributed by atoms with Gasteiger partial charge < -0.3 is 10.1 Å². The molecule has 0 amide bonds. The zero-order valence-corrected chi connectivity index (χ0v) is 12.3. The lowest BCUT2D eigenvalue weighted by Crippen LogP contribution is -2.44. The molecule has 1 saturated heterocycles. The third kappa shape index (κ3) is 3.94. The maximum atomic E-state index is 5.45. The first-order chi connectivity index (χ1) is 8.69. The largest absolute Gasteiger partial charge is 0.380 e. The van der Waals surface area contributed by atoms with Gasteiger partial charge in [0.05, 0.1) is 6.10 Å². The van der Waals surface area contributed by atoms with Crippen molar-refractivity contribution in [3.8, 4) is 0 Å². The van der Waals surface area contributed by atoms with E-state index in [4.69, 9.17) is 4.74 Å². The van der Waals surface area contributed by atoms with Gasteiger partial charge in [-0.25, -0.2) is 0 Å². The normalized spacial score (nSPS) is 29.8. The summed E-state index contributed by atoms with van der Waals surface area (Å²) in [6.45, 7) is 8.16. The Morgan fingerprint density at radius 1 is 1.28 bits per heavy atom. The van der Waals surface area contributed by atoms with Crippen LogP contribution in [-0.2, 0) is 4.74 Å². The van der Waals surface area contributed by atoms with Gasteiger partial charge in [-0.1, -0.05) is 26.7 Å². The Labute approximate surface area is 112 Å². The second-order valence-corrected chi connectivity index (χ2v) is 6.48. The van der Waals surface area contributed by atoms with Crippen molar-refractivity contribution in [3.63, 3.8) is 0 Å². The molecule has 0 spiro atoms. The molecule has 0 bridgehead atoms. The highest BCUT2D eigenvalue weighted by Crippen LogP contribution is 2.25. The van der Waals surface area contributed by atoms with Crippen LogP contribution >= 0.6 is 0 Å². The molecule has 2 atom stereocenters. The Morgan fingerprint density at radius 2 is 2.00 bits per heavy atom. The lowest BCUT2D eigenvalue weighted by molar-refractivity contribution is 0.112. The molecular formula is C15H30N2O. The quantitative estimate of drug-likeness (QED) is 0.787. The van der Waals surface area contributed by atoms with Crippen LogP contribution in [0.25, 0.3) is 0 Å². The van der Waals surface area contributed by atoms with E-state index in [1.54, 1.807) is 0 Å². The van der Waals surface area contributed by atoms with Crippen LogP contribution in [0.4, 0.5) is 0 Å². The van der Waals surface area contributed by atoms with E-state index in [0.29, 0.717) is 12.1 Å². The second kappa shape index (κ2) is 6.88. The molecule has 2 rings (SSSR count). The van der Waals surface area contributed by atoms with Gasteiger partial charge in [0.2, 0.25) is 0 Å². The molecule has 1 saturated carbocycles. The molecule has 2 fully saturated rings. The molecule has 0 aromatic carbocycles. The van der Waals surface area contributed by atoms with Gasteiger partial charge in [0.1, 0.15) is 0 Å². The second-order valence-electron chi connectivity index (χ2n) is 6.48. The van der Waals surface area contributed by atoms with Crippen LogP contribution in [0.3, 0.4) is 0 Å². The van der Waals surface area contributed by atoms with Gasteiger partial charge in [0.15, 0.2) is 0 Å². The lowest BCUT2D eigenvalue weighted by Gasteiger charge is -2.32. The van der Waals surface area contributed by atoms with E-state index >= 15 is 0 Å². The molecule has 2 aliphatic rings. The number of ether oxygens (including phenoxy) is 1. The molecule has 1 aliphatic carbocycles. The summed E-state index contributed by atoms with van der Waals surface area (Å²) in [5, 5.41) is 3.62. The summed E-state index contributed by atoms with van der Waals surface area (Å²) in [4.78, 5) is 2.74.